The molecule has 0 radical (unpaired) electrons. The monoisotopic (exact) mass is 303 g/mol. The van der Waals surface area contributed by atoms with E-state index in [-0.39, 0.29) is 16.6 Å². The lowest BCUT2D eigenvalue weighted by molar-refractivity contribution is 0.282. The van der Waals surface area contributed by atoms with Gasteiger partial charge in [0, 0.05) is 12.6 Å². The number of sulfonamides is 1. The van der Waals surface area contributed by atoms with Gasteiger partial charge in [0.1, 0.15) is 10.7 Å². The Morgan fingerprint density at radius 1 is 1.35 bits per heavy atom. The first-order chi connectivity index (χ1) is 9.30. The minimum absolute atomic E-state index is 0.0361. The van der Waals surface area contributed by atoms with Crippen LogP contribution in [0.3, 0.4) is 0 Å². The Labute approximate surface area is 120 Å². The van der Waals surface area contributed by atoms with Gasteiger partial charge < -0.3 is 10.6 Å². The smallest absolute Gasteiger partial charge is 0.243 e. The molecule has 20 heavy (non-hydrogen) atoms. The minimum atomic E-state index is -3.82. The molecular weight excluding hydrogens is 281 g/mol. The molecule has 0 aliphatic rings. The van der Waals surface area contributed by atoms with Gasteiger partial charge in [0.2, 0.25) is 10.0 Å². The van der Waals surface area contributed by atoms with E-state index in [2.05, 4.69) is 9.62 Å². The first-order valence-electron chi connectivity index (χ1n) is 6.59. The standard InChI is InChI=1S/C13H22FN3O2S/c1-4-17(5-2)9-10(3)16-20(18,19)13-8-11(14)6-7-12(13)15/h6-8,10,16H,4-5,9,15H2,1-3H3. The lowest BCUT2D eigenvalue weighted by Gasteiger charge is -2.23. The molecule has 1 unspecified atom stereocenters. The summed E-state index contributed by atoms with van der Waals surface area (Å²) >= 11 is 0. The average Bonchev–Trinajstić information content (AvgIpc) is 2.38. The summed E-state index contributed by atoms with van der Waals surface area (Å²) < 4.78 is 40.1. The maximum atomic E-state index is 13.2. The Balaban J connectivity index is 2.87. The normalized spacial score (nSPS) is 13.7. The van der Waals surface area contributed by atoms with Gasteiger partial charge in [0.15, 0.2) is 0 Å². The number of hydrogen-bond donors (Lipinski definition) is 2. The van der Waals surface area contributed by atoms with Crippen LogP contribution in [0.2, 0.25) is 0 Å². The number of nitrogens with one attached hydrogen (secondary N) is 1. The van der Waals surface area contributed by atoms with Gasteiger partial charge in [-0.1, -0.05) is 13.8 Å². The summed E-state index contributed by atoms with van der Waals surface area (Å²) in [6, 6.07) is 3.02. The molecule has 1 rings (SSSR count). The number of anilines is 1. The molecule has 114 valence electrons. The molecule has 0 saturated heterocycles. The Morgan fingerprint density at radius 2 is 1.95 bits per heavy atom. The van der Waals surface area contributed by atoms with Crippen molar-refractivity contribution < 1.29 is 12.8 Å². The number of nitrogens with two attached hydrogens (primary N) is 1. The van der Waals surface area contributed by atoms with E-state index in [9.17, 15) is 12.8 Å². The summed E-state index contributed by atoms with van der Waals surface area (Å²) in [4.78, 5) is 1.88. The van der Waals surface area contributed by atoms with Gasteiger partial charge in [-0.05, 0) is 38.2 Å². The van der Waals surface area contributed by atoms with Crippen molar-refractivity contribution in [1.29, 1.82) is 0 Å². The van der Waals surface area contributed by atoms with Crippen molar-refractivity contribution in [2.45, 2.75) is 31.7 Å². The number of nitrogen functional groups attached to an aromatic ring is 1. The SMILES string of the molecule is CCN(CC)CC(C)NS(=O)(=O)c1cc(F)ccc1N. The fourth-order valence-corrected chi connectivity index (χ4v) is 3.35. The van der Waals surface area contributed by atoms with E-state index >= 15 is 0 Å². The highest BCUT2D eigenvalue weighted by atomic mass is 32.2. The number of nitrogens with zero attached hydrogens (tertiary/aromatic N) is 1. The molecule has 0 fully saturated rings. The molecule has 0 amide bonds. The van der Waals surface area contributed by atoms with Crippen molar-refractivity contribution in [3.05, 3.63) is 24.0 Å². The molecule has 0 aromatic heterocycles. The van der Waals surface area contributed by atoms with Crippen LogP contribution in [0.1, 0.15) is 20.8 Å². The summed E-state index contributed by atoms with van der Waals surface area (Å²) in [5, 5.41) is 0. The molecule has 0 spiro atoms. The largest absolute Gasteiger partial charge is 0.398 e. The first-order valence-corrected chi connectivity index (χ1v) is 8.08. The summed E-state index contributed by atoms with van der Waals surface area (Å²) in [6.07, 6.45) is 0. The predicted molar refractivity (Wildman–Crippen MR) is 78.4 cm³/mol. The molecule has 5 nitrogen and oxygen atoms in total. The van der Waals surface area contributed by atoms with Crippen molar-refractivity contribution in [2.75, 3.05) is 25.4 Å². The van der Waals surface area contributed by atoms with Crippen LogP contribution in [-0.2, 0) is 10.0 Å². The Kier molecular flexibility index (Phi) is 5.91. The van der Waals surface area contributed by atoms with Crippen LogP contribution in [0.5, 0.6) is 0 Å². The minimum Gasteiger partial charge on any atom is -0.398 e. The van der Waals surface area contributed by atoms with Crippen molar-refractivity contribution in [1.82, 2.24) is 9.62 Å². The molecule has 0 heterocycles. The van der Waals surface area contributed by atoms with Crippen LogP contribution in [0.25, 0.3) is 0 Å². The number of benzene rings is 1. The van der Waals surface area contributed by atoms with Gasteiger partial charge in [-0.2, -0.15) is 0 Å². The molecule has 0 aliphatic heterocycles. The van der Waals surface area contributed by atoms with Gasteiger partial charge in [0.25, 0.3) is 0 Å². The third-order valence-electron chi connectivity index (χ3n) is 3.05. The highest BCUT2D eigenvalue weighted by molar-refractivity contribution is 7.89. The van der Waals surface area contributed by atoms with Crippen LogP contribution in [0.15, 0.2) is 23.1 Å². The van der Waals surface area contributed by atoms with Crippen LogP contribution >= 0.6 is 0 Å². The fourth-order valence-electron chi connectivity index (χ4n) is 1.98. The second-order valence-electron chi connectivity index (χ2n) is 4.69. The van der Waals surface area contributed by atoms with Crippen molar-refractivity contribution in [3.63, 3.8) is 0 Å². The third-order valence-corrected chi connectivity index (χ3v) is 4.69. The highest BCUT2D eigenvalue weighted by Gasteiger charge is 2.21. The van der Waals surface area contributed by atoms with E-state index in [0.717, 1.165) is 25.2 Å². The van der Waals surface area contributed by atoms with E-state index in [0.29, 0.717) is 6.54 Å². The topological polar surface area (TPSA) is 75.4 Å². The third kappa shape index (κ3) is 4.43. The lowest BCUT2D eigenvalue weighted by Crippen LogP contribution is -2.42. The zero-order valence-corrected chi connectivity index (χ0v) is 12.9. The quantitative estimate of drug-likeness (QED) is 0.747. The van der Waals surface area contributed by atoms with E-state index in [4.69, 9.17) is 5.73 Å². The van der Waals surface area contributed by atoms with Gasteiger partial charge in [-0.3, -0.25) is 0 Å². The fraction of sp³-hybridized carbons (Fsp3) is 0.538. The first kappa shape index (κ1) is 16.9. The molecule has 0 saturated carbocycles. The van der Waals surface area contributed by atoms with Crippen LogP contribution in [-0.4, -0.2) is 39.0 Å². The zero-order valence-electron chi connectivity index (χ0n) is 12.1. The van der Waals surface area contributed by atoms with Crippen LogP contribution < -0.4 is 10.5 Å². The van der Waals surface area contributed by atoms with E-state index in [1.165, 1.54) is 6.07 Å². The molecular formula is C13H22FN3O2S. The van der Waals surface area contributed by atoms with Crippen molar-refractivity contribution >= 4 is 15.7 Å². The molecule has 1 aromatic rings. The maximum absolute atomic E-state index is 13.2. The van der Waals surface area contributed by atoms with Gasteiger partial charge >= 0.3 is 0 Å². The zero-order chi connectivity index (χ0) is 15.3. The molecule has 0 aliphatic carbocycles. The Bertz CT molecular complexity index is 545. The molecule has 7 heteroatoms. The summed E-state index contributed by atoms with van der Waals surface area (Å²) in [6.45, 7) is 8.05. The number of rotatable bonds is 7. The predicted octanol–water partition coefficient (Wildman–Crippen LogP) is 1.42. The van der Waals surface area contributed by atoms with E-state index in [1.54, 1.807) is 6.92 Å². The number of hydrogen-bond acceptors (Lipinski definition) is 4. The second kappa shape index (κ2) is 7.01. The van der Waals surface area contributed by atoms with Gasteiger partial charge in [0.05, 0.1) is 5.69 Å². The summed E-state index contributed by atoms with van der Waals surface area (Å²) in [7, 11) is -3.82. The molecule has 3 N–H and O–H groups in total. The number of halogens is 1. The molecule has 0 bridgehead atoms. The van der Waals surface area contributed by atoms with Gasteiger partial charge in [-0.25, -0.2) is 17.5 Å². The Morgan fingerprint density at radius 3 is 2.50 bits per heavy atom. The summed E-state index contributed by atoms with van der Waals surface area (Å²) in [5.41, 5.74) is 5.64. The highest BCUT2D eigenvalue weighted by Crippen LogP contribution is 2.19. The van der Waals surface area contributed by atoms with Gasteiger partial charge in [-0.15, -0.1) is 0 Å². The molecule has 1 atom stereocenters. The lowest BCUT2D eigenvalue weighted by atomic mass is 10.3. The van der Waals surface area contributed by atoms with Crippen molar-refractivity contribution in [2.24, 2.45) is 0 Å². The van der Waals surface area contributed by atoms with Crippen molar-refractivity contribution in [3.8, 4) is 0 Å². The summed E-state index contributed by atoms with van der Waals surface area (Å²) in [5.74, 6) is -0.629. The molecule has 1 aromatic carbocycles. The van der Waals surface area contributed by atoms with E-state index < -0.39 is 15.8 Å². The van der Waals surface area contributed by atoms with E-state index in [1.807, 2.05) is 13.8 Å². The van der Waals surface area contributed by atoms with Crippen LogP contribution in [0, 0.1) is 5.82 Å². The Hall–Kier alpha value is -1.18. The second-order valence-corrected chi connectivity index (χ2v) is 6.37. The number of likely N-dealkylation sites (N-methyl/N-ethyl adjacent to an activating group) is 1. The average molecular weight is 303 g/mol. The van der Waals surface area contributed by atoms with Crippen LogP contribution in [0.4, 0.5) is 10.1 Å². The maximum Gasteiger partial charge on any atom is 0.243 e.